The number of hydrogen-bond acceptors (Lipinski definition) is 3. The molecule has 0 aliphatic carbocycles. The summed E-state index contributed by atoms with van der Waals surface area (Å²) in [5, 5.41) is 3.68. The van der Waals surface area contributed by atoms with Crippen LogP contribution < -0.4 is 14.8 Å². The molecule has 0 spiro atoms. The number of ether oxygens (including phenoxy) is 2. The van der Waals surface area contributed by atoms with Crippen LogP contribution in [0.25, 0.3) is 16.7 Å². The van der Waals surface area contributed by atoms with Crippen LogP contribution in [0.1, 0.15) is 43.6 Å². The van der Waals surface area contributed by atoms with Gasteiger partial charge in [0.2, 0.25) is 0 Å². The molecule has 1 atom stereocenters. The second-order valence-electron chi connectivity index (χ2n) is 8.51. The number of benzene rings is 3. The molecular formula is C26H24BrNO2. The molecule has 2 heterocycles. The van der Waals surface area contributed by atoms with Gasteiger partial charge in [0.25, 0.3) is 0 Å². The normalized spacial score (nSPS) is 18.2. The molecule has 0 saturated heterocycles. The van der Waals surface area contributed by atoms with E-state index in [0.717, 1.165) is 38.3 Å². The molecule has 2 aliphatic heterocycles. The molecule has 3 aromatic carbocycles. The van der Waals surface area contributed by atoms with Crippen molar-refractivity contribution in [1.29, 1.82) is 0 Å². The summed E-state index contributed by atoms with van der Waals surface area (Å²) in [6.07, 6.45) is 2.09. The van der Waals surface area contributed by atoms with Crippen LogP contribution in [0.3, 0.4) is 0 Å². The Morgan fingerprint density at radius 2 is 1.83 bits per heavy atom. The molecule has 5 rings (SSSR count). The van der Waals surface area contributed by atoms with Crippen molar-refractivity contribution in [2.45, 2.75) is 32.4 Å². The van der Waals surface area contributed by atoms with Gasteiger partial charge in [-0.1, -0.05) is 46.3 Å². The minimum atomic E-state index is -0.210. The monoisotopic (exact) mass is 461 g/mol. The van der Waals surface area contributed by atoms with Gasteiger partial charge in [-0.25, -0.2) is 0 Å². The van der Waals surface area contributed by atoms with Crippen molar-refractivity contribution in [3.63, 3.8) is 0 Å². The minimum Gasteiger partial charge on any atom is -0.496 e. The van der Waals surface area contributed by atoms with Gasteiger partial charge in [0, 0.05) is 21.3 Å². The molecule has 0 aromatic heterocycles. The van der Waals surface area contributed by atoms with E-state index in [0.29, 0.717) is 0 Å². The van der Waals surface area contributed by atoms with Gasteiger partial charge in [0.05, 0.1) is 18.2 Å². The lowest BCUT2D eigenvalue weighted by atomic mass is 9.80. The van der Waals surface area contributed by atoms with Crippen LogP contribution in [0.5, 0.6) is 11.5 Å². The van der Waals surface area contributed by atoms with E-state index in [1.807, 2.05) is 24.3 Å². The Labute approximate surface area is 185 Å². The Morgan fingerprint density at radius 3 is 2.60 bits per heavy atom. The molecule has 152 valence electrons. The molecule has 0 amide bonds. The molecule has 0 fully saturated rings. The Balaban J connectivity index is 1.84. The van der Waals surface area contributed by atoms with Crippen molar-refractivity contribution < 1.29 is 9.47 Å². The van der Waals surface area contributed by atoms with Gasteiger partial charge in [-0.15, -0.1) is 0 Å². The molecular weight excluding hydrogens is 438 g/mol. The first-order valence-corrected chi connectivity index (χ1v) is 10.9. The van der Waals surface area contributed by atoms with Gasteiger partial charge in [-0.3, -0.25) is 0 Å². The predicted molar refractivity (Wildman–Crippen MR) is 126 cm³/mol. The third kappa shape index (κ3) is 3.02. The molecule has 0 saturated carbocycles. The van der Waals surface area contributed by atoms with Crippen molar-refractivity contribution in [3.8, 4) is 22.6 Å². The maximum Gasteiger partial charge on any atom is 0.150 e. The van der Waals surface area contributed by atoms with Crippen LogP contribution >= 0.6 is 15.9 Å². The fraction of sp³-hybridized carbons (Fsp3) is 0.231. The zero-order valence-electron chi connectivity index (χ0n) is 17.5. The van der Waals surface area contributed by atoms with E-state index in [1.54, 1.807) is 7.11 Å². The first kappa shape index (κ1) is 19.3. The predicted octanol–water partition coefficient (Wildman–Crippen LogP) is 7.21. The lowest BCUT2D eigenvalue weighted by molar-refractivity contribution is 0.241. The number of methoxy groups -OCH3 is 1. The summed E-state index contributed by atoms with van der Waals surface area (Å²) in [5.74, 6) is 1.67. The summed E-state index contributed by atoms with van der Waals surface area (Å²) < 4.78 is 13.4. The molecule has 30 heavy (non-hydrogen) atoms. The van der Waals surface area contributed by atoms with Crippen LogP contribution in [0.15, 0.2) is 65.1 Å². The maximum atomic E-state index is 6.65. The van der Waals surface area contributed by atoms with Gasteiger partial charge in [0.1, 0.15) is 11.5 Å². The van der Waals surface area contributed by atoms with E-state index in [9.17, 15) is 0 Å². The summed E-state index contributed by atoms with van der Waals surface area (Å²) in [5.41, 5.74) is 7.99. The van der Waals surface area contributed by atoms with Crippen LogP contribution in [0.4, 0.5) is 5.69 Å². The zero-order valence-corrected chi connectivity index (χ0v) is 19.1. The van der Waals surface area contributed by atoms with Crippen LogP contribution in [-0.4, -0.2) is 12.6 Å². The van der Waals surface area contributed by atoms with Crippen molar-refractivity contribution in [2.24, 2.45) is 0 Å². The molecule has 0 radical (unpaired) electrons. The molecule has 1 N–H and O–H groups in total. The Morgan fingerprint density at radius 1 is 1.03 bits per heavy atom. The third-order valence-electron chi connectivity index (χ3n) is 5.81. The van der Waals surface area contributed by atoms with E-state index < -0.39 is 0 Å². The summed E-state index contributed by atoms with van der Waals surface area (Å²) in [6, 6.07) is 18.7. The largest absolute Gasteiger partial charge is 0.496 e. The lowest BCUT2D eigenvalue weighted by Gasteiger charge is -2.37. The average molecular weight is 462 g/mol. The summed E-state index contributed by atoms with van der Waals surface area (Å²) in [7, 11) is 1.71. The average Bonchev–Trinajstić information content (AvgIpc) is 2.71. The number of rotatable bonds is 2. The number of allylic oxidation sites excluding steroid dienone is 1. The van der Waals surface area contributed by atoms with Crippen LogP contribution in [0, 0.1) is 0 Å². The Bertz CT molecular complexity index is 1200. The van der Waals surface area contributed by atoms with Gasteiger partial charge < -0.3 is 14.8 Å². The fourth-order valence-corrected chi connectivity index (χ4v) is 5.19. The lowest BCUT2D eigenvalue weighted by Crippen LogP contribution is -2.32. The molecule has 3 nitrogen and oxygen atoms in total. The number of hydrogen-bond donors (Lipinski definition) is 1. The highest BCUT2D eigenvalue weighted by molar-refractivity contribution is 9.10. The number of fused-ring (bicyclic) bond motifs is 5. The molecule has 1 unspecified atom stereocenters. The number of nitrogens with one attached hydrogen (secondary N) is 1. The first-order chi connectivity index (χ1) is 14.4. The van der Waals surface area contributed by atoms with Crippen molar-refractivity contribution in [2.75, 3.05) is 12.4 Å². The topological polar surface area (TPSA) is 30.5 Å². The molecule has 4 heteroatoms. The number of anilines is 1. The van der Waals surface area contributed by atoms with E-state index in [4.69, 9.17) is 9.47 Å². The van der Waals surface area contributed by atoms with E-state index >= 15 is 0 Å². The van der Waals surface area contributed by atoms with Gasteiger partial charge in [-0.2, -0.15) is 0 Å². The standard InChI is InChI=1S/C26H24BrNO2/c1-15-14-26(2,3)28-19-12-11-18-23-20(29-4)9-6-10-21(23)30-25(24(18)22(15)19)16-7-5-8-17(27)13-16/h5-14,25,28H,1-4H3. The van der Waals surface area contributed by atoms with E-state index in [1.165, 1.54) is 16.7 Å². The summed E-state index contributed by atoms with van der Waals surface area (Å²) >= 11 is 3.63. The SMILES string of the molecule is COc1cccc2c1-c1ccc3c(c1C(c1cccc(Br)c1)O2)C(C)=CC(C)(C)N3. The van der Waals surface area contributed by atoms with Gasteiger partial charge >= 0.3 is 0 Å². The van der Waals surface area contributed by atoms with Gasteiger partial charge in [0.15, 0.2) is 6.10 Å². The number of halogens is 1. The van der Waals surface area contributed by atoms with Gasteiger partial charge in [-0.05, 0) is 67.8 Å². The quantitative estimate of drug-likeness (QED) is 0.436. The van der Waals surface area contributed by atoms with Crippen LogP contribution in [-0.2, 0) is 0 Å². The Kier molecular flexibility index (Phi) is 4.44. The highest BCUT2D eigenvalue weighted by Crippen LogP contribution is 2.53. The van der Waals surface area contributed by atoms with E-state index in [2.05, 4.69) is 78.4 Å². The van der Waals surface area contributed by atoms with E-state index in [-0.39, 0.29) is 11.6 Å². The molecule has 0 bridgehead atoms. The zero-order chi connectivity index (χ0) is 21.0. The summed E-state index contributed by atoms with van der Waals surface area (Å²) in [6.45, 7) is 6.58. The highest BCUT2D eigenvalue weighted by Gasteiger charge is 2.35. The third-order valence-corrected chi connectivity index (χ3v) is 6.30. The molecule has 2 aliphatic rings. The van der Waals surface area contributed by atoms with Crippen molar-refractivity contribution >= 4 is 27.2 Å². The minimum absolute atomic E-state index is 0.0955. The van der Waals surface area contributed by atoms with Crippen molar-refractivity contribution in [3.05, 3.63) is 81.8 Å². The Hall–Kier alpha value is -2.72. The van der Waals surface area contributed by atoms with Crippen LogP contribution in [0.2, 0.25) is 0 Å². The molecule has 3 aromatic rings. The van der Waals surface area contributed by atoms with Crippen molar-refractivity contribution in [1.82, 2.24) is 0 Å². The second kappa shape index (κ2) is 6.92. The first-order valence-electron chi connectivity index (χ1n) is 10.1. The maximum absolute atomic E-state index is 6.65. The smallest absolute Gasteiger partial charge is 0.150 e. The fourth-order valence-electron chi connectivity index (χ4n) is 4.77. The summed E-state index contributed by atoms with van der Waals surface area (Å²) in [4.78, 5) is 0. The second-order valence-corrected chi connectivity index (χ2v) is 9.43. The highest BCUT2D eigenvalue weighted by atomic mass is 79.9.